The molecule has 0 aromatic carbocycles. The van der Waals surface area contributed by atoms with Crippen LogP contribution in [0.4, 0.5) is 0 Å². The number of rotatable bonds is 2. The van der Waals surface area contributed by atoms with Gasteiger partial charge in [0.05, 0.1) is 0 Å². The van der Waals surface area contributed by atoms with Gasteiger partial charge in [0, 0.05) is 0 Å². The number of aliphatic imine (C=N–C) groups is 1. The van der Waals surface area contributed by atoms with Crippen LogP contribution in [0.15, 0.2) is 4.99 Å². The van der Waals surface area contributed by atoms with Crippen LogP contribution in [-0.4, -0.2) is 10.1 Å². The maximum Gasteiger partial charge on any atom is 1.00 e. The van der Waals surface area contributed by atoms with Crippen LogP contribution in [-0.2, 0) is 12.6 Å². The molecule has 0 saturated heterocycles. The minimum atomic E-state index is 0. The van der Waals surface area contributed by atoms with Crippen LogP contribution in [0.1, 0.15) is 13.3 Å². The molecule has 0 saturated carbocycles. The van der Waals surface area contributed by atoms with E-state index in [1.54, 1.807) is 6.19 Å². The molecule has 0 aliphatic heterocycles. The van der Waals surface area contributed by atoms with Gasteiger partial charge in [-0.15, -0.1) is 11.8 Å². The third-order valence-corrected chi connectivity index (χ3v) is 1.97. The molecule has 5 heteroatoms. The number of thioether (sulfide) groups is 1. The second-order valence-corrected chi connectivity index (χ2v) is 3.05. The van der Waals surface area contributed by atoms with Crippen LogP contribution in [0.25, 0.3) is 0 Å². The van der Waals surface area contributed by atoms with Crippen molar-refractivity contribution in [2.45, 2.75) is 13.3 Å². The van der Waals surface area contributed by atoms with Crippen LogP contribution in [0, 0.1) is 11.5 Å². The second kappa shape index (κ2) is 10.4. The molecule has 0 radical (unpaired) electrons. The van der Waals surface area contributed by atoms with Crippen LogP contribution in [0.3, 0.4) is 0 Å². The van der Waals surface area contributed by atoms with Gasteiger partial charge in [0.1, 0.15) is 0 Å². The van der Waals surface area contributed by atoms with E-state index in [-0.39, 0.29) is 51.4 Å². The Morgan fingerprint density at radius 1 is 1.80 bits per heavy atom. The topological polar surface area (TPSA) is 36.1 Å². The third kappa shape index (κ3) is 9.37. The van der Waals surface area contributed by atoms with Gasteiger partial charge in [0.25, 0.3) is 0 Å². The molecule has 0 aliphatic rings. The van der Waals surface area contributed by atoms with Gasteiger partial charge in [0.2, 0.25) is 6.19 Å². The van der Waals surface area contributed by atoms with E-state index >= 15 is 0 Å². The summed E-state index contributed by atoms with van der Waals surface area (Å²) >= 11 is 6.14. The minimum absolute atomic E-state index is 0. The molecule has 0 bridgehead atoms. The molecule has 0 aromatic heterocycles. The fourth-order valence-corrected chi connectivity index (χ4v) is 1.04. The molecular weight excluding hydrogens is 191 g/mol. The van der Waals surface area contributed by atoms with Crippen molar-refractivity contribution in [3.05, 3.63) is 0 Å². The van der Waals surface area contributed by atoms with Gasteiger partial charge < -0.3 is 12.6 Å². The molecule has 0 aliphatic carbocycles. The van der Waals surface area contributed by atoms with Crippen molar-refractivity contribution in [3.63, 3.8) is 0 Å². The zero-order chi connectivity index (χ0) is 7.11. The zero-order valence-corrected chi connectivity index (χ0v) is 10.9. The first-order chi connectivity index (χ1) is 4.31. The maximum atomic E-state index is 8.02. The Hall–Kier alpha value is 1.37. The molecule has 0 heterocycles. The van der Waals surface area contributed by atoms with Crippen molar-refractivity contribution in [2.75, 3.05) is 5.75 Å². The van der Waals surface area contributed by atoms with E-state index in [4.69, 9.17) is 17.9 Å². The summed E-state index contributed by atoms with van der Waals surface area (Å²) in [4.78, 5) is 3.36. The van der Waals surface area contributed by atoms with Gasteiger partial charge in [-0.1, -0.05) is 6.92 Å². The molecule has 0 spiro atoms. The summed E-state index contributed by atoms with van der Waals surface area (Å²) in [5, 5.41) is 8.02. The summed E-state index contributed by atoms with van der Waals surface area (Å²) in [6.07, 6.45) is 2.70. The Morgan fingerprint density at radius 2 is 2.40 bits per heavy atom. The molecule has 0 fully saturated rings. The number of nitriles is 1. The van der Waals surface area contributed by atoms with E-state index in [1.807, 2.05) is 0 Å². The van der Waals surface area contributed by atoms with E-state index in [2.05, 4.69) is 11.9 Å². The number of nitrogens with zero attached hydrogens (tertiary/aromatic N) is 2. The van der Waals surface area contributed by atoms with Crippen molar-refractivity contribution in [1.82, 2.24) is 0 Å². The van der Waals surface area contributed by atoms with Crippen molar-refractivity contribution < 1.29 is 51.4 Å². The molecule has 50 valence electrons. The average Bonchev–Trinajstić information content (AvgIpc) is 1.85. The molecule has 0 unspecified atom stereocenters. The number of hydrogen-bond donors (Lipinski definition) is 0. The predicted molar refractivity (Wildman–Crippen MR) is 43.2 cm³/mol. The predicted octanol–water partition coefficient (Wildman–Crippen LogP) is -1.48. The van der Waals surface area contributed by atoms with E-state index in [9.17, 15) is 0 Å². The summed E-state index contributed by atoms with van der Waals surface area (Å²) in [7, 11) is 0. The van der Waals surface area contributed by atoms with Crippen LogP contribution in [0.5, 0.6) is 0 Å². The smallest absolute Gasteiger partial charge is 0.752 e. The first-order valence-corrected chi connectivity index (χ1v) is 3.97. The zero-order valence-electron chi connectivity index (χ0n) is 6.13. The van der Waals surface area contributed by atoms with Gasteiger partial charge in [-0.3, -0.25) is 0 Å². The van der Waals surface area contributed by atoms with E-state index in [1.165, 1.54) is 11.8 Å². The van der Waals surface area contributed by atoms with Crippen molar-refractivity contribution >= 4 is 28.8 Å². The summed E-state index contributed by atoms with van der Waals surface area (Å²) in [5.41, 5.74) is 0. The largest absolute Gasteiger partial charge is 1.00 e. The standard InChI is InChI=1S/C5H8N2S2.K/c1-2-3-9-5(8)7-4-6;/h2-3H2,1H3,(H,7,8);/q;+1/p-1. The van der Waals surface area contributed by atoms with Crippen molar-refractivity contribution in [2.24, 2.45) is 4.99 Å². The minimum Gasteiger partial charge on any atom is -0.752 e. The van der Waals surface area contributed by atoms with Crippen molar-refractivity contribution in [1.29, 1.82) is 5.26 Å². The Labute approximate surface area is 114 Å². The van der Waals surface area contributed by atoms with Gasteiger partial charge in [0.15, 0.2) is 0 Å². The molecule has 2 nitrogen and oxygen atoms in total. The molecule has 0 rings (SSSR count). The SMILES string of the molecule is CCCSC([S-])=NC#N.[K+]. The molecule has 0 aromatic rings. The fraction of sp³-hybridized carbons (Fsp3) is 0.600. The molecular formula is C5H7KN2S2. The van der Waals surface area contributed by atoms with E-state index in [0.717, 1.165) is 12.2 Å². The summed E-state index contributed by atoms with van der Waals surface area (Å²) in [6, 6.07) is 0. The second-order valence-electron chi connectivity index (χ2n) is 1.33. The summed E-state index contributed by atoms with van der Waals surface area (Å²) < 4.78 is 0.444. The van der Waals surface area contributed by atoms with E-state index < -0.39 is 0 Å². The van der Waals surface area contributed by atoms with Gasteiger partial charge in [-0.2, -0.15) is 10.3 Å². The molecule has 0 N–H and O–H groups in total. The quantitative estimate of drug-likeness (QED) is 0.178. The average molecular weight is 198 g/mol. The first kappa shape index (κ1) is 13.9. The van der Waals surface area contributed by atoms with Gasteiger partial charge in [-0.25, -0.2) is 0 Å². The monoisotopic (exact) mass is 198 g/mol. The Balaban J connectivity index is 0. The van der Waals surface area contributed by atoms with Crippen molar-refractivity contribution in [3.8, 4) is 6.19 Å². The van der Waals surface area contributed by atoms with E-state index in [0.29, 0.717) is 4.38 Å². The van der Waals surface area contributed by atoms with Gasteiger partial charge >= 0.3 is 51.4 Å². The Bertz CT molecular complexity index is 141. The third-order valence-electron chi connectivity index (χ3n) is 0.571. The fourth-order valence-electron chi connectivity index (χ4n) is 0.262. The first-order valence-electron chi connectivity index (χ1n) is 2.57. The summed E-state index contributed by atoms with van der Waals surface area (Å²) in [6.45, 7) is 2.06. The maximum absolute atomic E-state index is 8.02. The molecule has 0 amide bonds. The number of hydrogen-bond acceptors (Lipinski definition) is 4. The van der Waals surface area contributed by atoms with Gasteiger partial charge in [-0.05, 0) is 16.5 Å². The normalized spacial score (nSPS) is 9.80. The molecule has 0 atom stereocenters. The summed E-state index contributed by atoms with van der Waals surface area (Å²) in [5.74, 6) is 0.948. The van der Waals surface area contributed by atoms with Crippen LogP contribution in [0.2, 0.25) is 0 Å². The Morgan fingerprint density at radius 3 is 2.80 bits per heavy atom. The van der Waals surface area contributed by atoms with Crippen LogP contribution >= 0.6 is 11.8 Å². The Kier molecular flexibility index (Phi) is 14.4. The molecule has 10 heavy (non-hydrogen) atoms. The van der Waals surface area contributed by atoms with Crippen LogP contribution < -0.4 is 51.4 Å².